The zero-order valence-corrected chi connectivity index (χ0v) is 12.4. The first-order chi connectivity index (χ1) is 8.70. The minimum absolute atomic E-state index is 0.0662. The van der Waals surface area contributed by atoms with E-state index in [4.69, 9.17) is 5.73 Å². The number of nitrogens with zero attached hydrogens (tertiary/aromatic N) is 2. The summed E-state index contributed by atoms with van der Waals surface area (Å²) in [6, 6.07) is 0.834. The van der Waals surface area contributed by atoms with Crippen LogP contribution in [0.3, 0.4) is 0 Å². The molecule has 4 heteroatoms. The van der Waals surface area contributed by atoms with Crippen LogP contribution in [0.5, 0.6) is 0 Å². The minimum atomic E-state index is 0.0662. The van der Waals surface area contributed by atoms with Gasteiger partial charge in [-0.25, -0.2) is 4.98 Å². The van der Waals surface area contributed by atoms with Gasteiger partial charge in [0.2, 0.25) is 0 Å². The molecule has 0 bridgehead atoms. The van der Waals surface area contributed by atoms with Gasteiger partial charge >= 0.3 is 0 Å². The molecule has 2 N–H and O–H groups in total. The van der Waals surface area contributed by atoms with Gasteiger partial charge in [0.1, 0.15) is 5.01 Å². The van der Waals surface area contributed by atoms with Crippen molar-refractivity contribution in [2.75, 3.05) is 6.54 Å². The van der Waals surface area contributed by atoms with Crippen molar-refractivity contribution in [1.29, 1.82) is 0 Å². The lowest BCUT2D eigenvalue weighted by Gasteiger charge is -2.35. The molecule has 0 spiro atoms. The Bertz CT molecular complexity index is 360. The number of nitrogens with two attached hydrogens (primary N) is 1. The third-order valence-electron chi connectivity index (χ3n) is 3.70. The molecule has 1 saturated heterocycles. The highest BCUT2D eigenvalue weighted by Crippen LogP contribution is 2.24. The summed E-state index contributed by atoms with van der Waals surface area (Å²) in [5, 5.41) is 3.24. The molecule has 3 nitrogen and oxygen atoms in total. The van der Waals surface area contributed by atoms with Gasteiger partial charge in [0.15, 0.2) is 0 Å². The molecule has 2 atom stereocenters. The van der Waals surface area contributed by atoms with Gasteiger partial charge in [0.05, 0.1) is 11.7 Å². The number of rotatable bonds is 5. The van der Waals surface area contributed by atoms with Gasteiger partial charge in [-0.1, -0.05) is 19.8 Å². The second-order valence-electron chi connectivity index (χ2n) is 5.37. The normalized spacial score (nSPS) is 23.2. The van der Waals surface area contributed by atoms with Crippen molar-refractivity contribution in [3.8, 4) is 0 Å². The number of aromatic nitrogens is 1. The Morgan fingerprint density at radius 1 is 1.56 bits per heavy atom. The Balaban J connectivity index is 1.97. The molecule has 0 radical (unpaired) electrons. The largest absolute Gasteiger partial charge is 0.322 e. The predicted octanol–water partition coefficient (Wildman–Crippen LogP) is 3.32. The van der Waals surface area contributed by atoms with Crippen LogP contribution in [0.1, 0.15) is 62.7 Å². The third-order valence-corrected chi connectivity index (χ3v) is 4.79. The van der Waals surface area contributed by atoms with Crippen LogP contribution in [-0.4, -0.2) is 22.5 Å². The fraction of sp³-hybridized carbons (Fsp3) is 0.786. The molecule has 2 unspecified atom stereocenters. The first-order valence-corrected chi connectivity index (χ1v) is 8.02. The van der Waals surface area contributed by atoms with E-state index >= 15 is 0 Å². The van der Waals surface area contributed by atoms with Crippen LogP contribution in [0.15, 0.2) is 5.38 Å². The highest BCUT2D eigenvalue weighted by Gasteiger charge is 2.22. The van der Waals surface area contributed by atoms with Crippen LogP contribution in [-0.2, 0) is 6.54 Å². The summed E-state index contributed by atoms with van der Waals surface area (Å²) in [4.78, 5) is 7.27. The molecule has 0 amide bonds. The number of hydrogen-bond acceptors (Lipinski definition) is 4. The van der Waals surface area contributed by atoms with Gasteiger partial charge in [-0.2, -0.15) is 0 Å². The maximum Gasteiger partial charge on any atom is 0.109 e. The first-order valence-electron chi connectivity index (χ1n) is 7.14. The number of likely N-dealkylation sites (tertiary alicyclic amines) is 1. The molecule has 1 aromatic rings. The van der Waals surface area contributed by atoms with E-state index in [9.17, 15) is 0 Å². The van der Waals surface area contributed by atoms with E-state index < -0.39 is 0 Å². The van der Waals surface area contributed by atoms with Crippen molar-refractivity contribution in [1.82, 2.24) is 9.88 Å². The smallest absolute Gasteiger partial charge is 0.109 e. The molecular weight excluding hydrogens is 242 g/mol. The predicted molar refractivity (Wildman–Crippen MR) is 77.7 cm³/mol. The minimum Gasteiger partial charge on any atom is -0.322 e. The van der Waals surface area contributed by atoms with Crippen LogP contribution in [0.4, 0.5) is 0 Å². The quantitative estimate of drug-likeness (QED) is 0.890. The van der Waals surface area contributed by atoms with E-state index in [2.05, 4.69) is 22.2 Å². The van der Waals surface area contributed by atoms with E-state index in [0.717, 1.165) is 17.6 Å². The fourth-order valence-corrected chi connectivity index (χ4v) is 3.51. The average molecular weight is 267 g/mol. The molecule has 2 heterocycles. The molecule has 18 heavy (non-hydrogen) atoms. The van der Waals surface area contributed by atoms with E-state index in [-0.39, 0.29) is 6.04 Å². The van der Waals surface area contributed by atoms with Crippen LogP contribution in [0, 0.1) is 0 Å². The standard InChI is InChI=1S/C14H25N3S/c1-3-6-13-7-4-5-8-17(13)9-12-10-18-14(16-12)11(2)15/h10-11,13H,3-9,15H2,1-2H3. The molecular formula is C14H25N3S. The maximum atomic E-state index is 5.87. The Labute approximate surface area is 114 Å². The number of piperidine rings is 1. The second kappa shape index (κ2) is 6.64. The van der Waals surface area contributed by atoms with Crippen molar-refractivity contribution in [3.63, 3.8) is 0 Å². The van der Waals surface area contributed by atoms with Crippen molar-refractivity contribution >= 4 is 11.3 Å². The van der Waals surface area contributed by atoms with Crippen LogP contribution in [0.25, 0.3) is 0 Å². The van der Waals surface area contributed by atoms with Crippen molar-refractivity contribution in [2.45, 2.75) is 64.6 Å². The summed E-state index contributed by atoms with van der Waals surface area (Å²) < 4.78 is 0. The molecule has 0 saturated carbocycles. The SMILES string of the molecule is CCCC1CCCCN1Cc1csc(C(C)N)n1. The Hall–Kier alpha value is -0.450. The average Bonchev–Trinajstić information content (AvgIpc) is 2.81. The van der Waals surface area contributed by atoms with E-state index in [0.29, 0.717) is 0 Å². The maximum absolute atomic E-state index is 5.87. The van der Waals surface area contributed by atoms with Gasteiger partial charge in [-0.05, 0) is 32.7 Å². The van der Waals surface area contributed by atoms with Crippen molar-refractivity contribution in [2.24, 2.45) is 5.73 Å². The highest BCUT2D eigenvalue weighted by atomic mass is 32.1. The van der Waals surface area contributed by atoms with Crippen LogP contribution >= 0.6 is 11.3 Å². The molecule has 1 aliphatic heterocycles. The van der Waals surface area contributed by atoms with E-state index in [1.54, 1.807) is 11.3 Å². The Kier molecular flexibility index (Phi) is 5.15. The number of hydrogen-bond donors (Lipinski definition) is 1. The first kappa shape index (κ1) is 14.0. The van der Waals surface area contributed by atoms with Crippen LogP contribution < -0.4 is 5.73 Å². The summed E-state index contributed by atoms with van der Waals surface area (Å²) in [5.41, 5.74) is 7.07. The highest BCUT2D eigenvalue weighted by molar-refractivity contribution is 7.09. The summed E-state index contributed by atoms with van der Waals surface area (Å²) in [7, 11) is 0. The Morgan fingerprint density at radius 3 is 3.06 bits per heavy atom. The van der Waals surface area contributed by atoms with E-state index in [1.165, 1.54) is 44.3 Å². The lowest BCUT2D eigenvalue weighted by atomic mass is 9.98. The topological polar surface area (TPSA) is 42.1 Å². The van der Waals surface area contributed by atoms with Gasteiger partial charge in [0.25, 0.3) is 0 Å². The summed E-state index contributed by atoms with van der Waals surface area (Å²) in [6.07, 6.45) is 6.69. The van der Waals surface area contributed by atoms with E-state index in [1.807, 2.05) is 6.92 Å². The van der Waals surface area contributed by atoms with Gasteiger partial charge in [-0.3, -0.25) is 4.90 Å². The van der Waals surface area contributed by atoms with Crippen LogP contribution in [0.2, 0.25) is 0 Å². The second-order valence-corrected chi connectivity index (χ2v) is 6.26. The summed E-state index contributed by atoms with van der Waals surface area (Å²) in [5.74, 6) is 0. The van der Waals surface area contributed by atoms with Gasteiger partial charge in [-0.15, -0.1) is 11.3 Å². The molecule has 102 valence electrons. The fourth-order valence-electron chi connectivity index (χ4n) is 2.74. The summed E-state index contributed by atoms with van der Waals surface area (Å²) in [6.45, 7) is 6.52. The Morgan fingerprint density at radius 2 is 2.39 bits per heavy atom. The molecule has 1 aromatic heterocycles. The van der Waals surface area contributed by atoms with Crippen molar-refractivity contribution < 1.29 is 0 Å². The molecule has 2 rings (SSSR count). The third kappa shape index (κ3) is 3.53. The summed E-state index contributed by atoms with van der Waals surface area (Å²) >= 11 is 1.70. The molecule has 0 aliphatic carbocycles. The zero-order valence-electron chi connectivity index (χ0n) is 11.6. The van der Waals surface area contributed by atoms with Gasteiger partial charge in [0, 0.05) is 18.0 Å². The van der Waals surface area contributed by atoms with Crippen molar-refractivity contribution in [3.05, 3.63) is 16.1 Å². The molecule has 1 fully saturated rings. The molecule has 0 aromatic carbocycles. The monoisotopic (exact) mass is 267 g/mol. The van der Waals surface area contributed by atoms with Gasteiger partial charge < -0.3 is 5.73 Å². The zero-order chi connectivity index (χ0) is 13.0. The lowest BCUT2D eigenvalue weighted by Crippen LogP contribution is -2.38. The lowest BCUT2D eigenvalue weighted by molar-refractivity contribution is 0.130. The number of thiazole rings is 1. The molecule has 1 aliphatic rings.